The maximum atomic E-state index is 14.0. The van der Waals surface area contributed by atoms with E-state index >= 15 is 0 Å². The third-order valence-corrected chi connectivity index (χ3v) is 5.40. The van der Waals surface area contributed by atoms with E-state index in [1.807, 2.05) is 0 Å². The predicted octanol–water partition coefficient (Wildman–Crippen LogP) is 3.83. The van der Waals surface area contributed by atoms with E-state index in [0.29, 0.717) is 15.9 Å². The molecule has 0 spiro atoms. The number of anilines is 1. The highest BCUT2D eigenvalue weighted by molar-refractivity contribution is 7.93. The molecule has 2 aromatic heterocycles. The Balaban J connectivity index is 2.10. The largest absolute Gasteiger partial charge is 0.480 e. The molecule has 0 amide bonds. The molecule has 1 aromatic carbocycles. The average molecular weight is 404 g/mol. The Bertz CT molecular complexity index is 1080. The standard InChI is InChI=1S/C15H12Cl2FN3O3S/c1-21-7-13(9-4-3-8(16)5-12(9)21)25(22,23)20-14-11(18)6-10(17)15(19-14)24-2/h3-7H,1-2H3,(H,19,20). The molecular weight excluding hydrogens is 392 g/mol. The summed E-state index contributed by atoms with van der Waals surface area (Å²) in [5.41, 5.74) is 0.620. The van der Waals surface area contributed by atoms with Gasteiger partial charge in [0.1, 0.15) is 9.92 Å². The smallest absolute Gasteiger partial charge is 0.265 e. The Morgan fingerprint density at radius 1 is 1.28 bits per heavy atom. The van der Waals surface area contributed by atoms with Gasteiger partial charge in [-0.2, -0.15) is 4.98 Å². The number of methoxy groups -OCH3 is 1. The van der Waals surface area contributed by atoms with E-state index in [2.05, 4.69) is 9.71 Å². The van der Waals surface area contributed by atoms with Crippen LogP contribution < -0.4 is 9.46 Å². The lowest BCUT2D eigenvalue weighted by Gasteiger charge is -2.10. The number of aryl methyl sites for hydroxylation is 1. The van der Waals surface area contributed by atoms with Crippen LogP contribution in [0.15, 0.2) is 35.4 Å². The van der Waals surface area contributed by atoms with Gasteiger partial charge in [-0.25, -0.2) is 12.8 Å². The Morgan fingerprint density at radius 3 is 2.68 bits per heavy atom. The molecule has 0 saturated carbocycles. The van der Waals surface area contributed by atoms with Crippen molar-refractivity contribution in [3.8, 4) is 5.88 Å². The maximum absolute atomic E-state index is 14.0. The van der Waals surface area contributed by atoms with Gasteiger partial charge in [0, 0.05) is 29.7 Å². The molecule has 6 nitrogen and oxygen atoms in total. The van der Waals surface area contributed by atoms with Crippen molar-refractivity contribution in [2.24, 2.45) is 7.05 Å². The van der Waals surface area contributed by atoms with Gasteiger partial charge < -0.3 is 9.30 Å². The van der Waals surface area contributed by atoms with Gasteiger partial charge in [0.15, 0.2) is 11.6 Å². The van der Waals surface area contributed by atoms with Gasteiger partial charge in [-0.1, -0.05) is 23.2 Å². The number of sulfonamides is 1. The molecule has 0 bridgehead atoms. The van der Waals surface area contributed by atoms with E-state index in [9.17, 15) is 12.8 Å². The lowest BCUT2D eigenvalue weighted by atomic mass is 10.2. The third-order valence-electron chi connectivity index (χ3n) is 3.53. The minimum absolute atomic E-state index is 0.0308. The van der Waals surface area contributed by atoms with E-state index < -0.39 is 21.7 Å². The first-order chi connectivity index (χ1) is 11.7. The van der Waals surface area contributed by atoms with E-state index in [-0.39, 0.29) is 15.8 Å². The van der Waals surface area contributed by atoms with Crippen LogP contribution in [-0.2, 0) is 17.1 Å². The summed E-state index contributed by atoms with van der Waals surface area (Å²) in [7, 11) is -1.13. The molecule has 25 heavy (non-hydrogen) atoms. The number of halogens is 3. The Morgan fingerprint density at radius 2 is 2.00 bits per heavy atom. The Kier molecular flexibility index (Phi) is 4.52. The first kappa shape index (κ1) is 17.8. The molecular formula is C15H12Cl2FN3O3S. The van der Waals surface area contributed by atoms with Gasteiger partial charge in [-0.3, -0.25) is 4.72 Å². The zero-order chi connectivity index (χ0) is 18.4. The van der Waals surface area contributed by atoms with Gasteiger partial charge in [0.25, 0.3) is 10.0 Å². The fraction of sp³-hybridized carbons (Fsp3) is 0.133. The van der Waals surface area contributed by atoms with E-state index in [1.165, 1.54) is 13.3 Å². The summed E-state index contributed by atoms with van der Waals surface area (Å²) in [4.78, 5) is 3.72. The van der Waals surface area contributed by atoms with Crippen LogP contribution in [0.1, 0.15) is 0 Å². The SMILES string of the molecule is COc1nc(NS(=O)(=O)c2cn(C)c3cc(Cl)ccc23)c(F)cc1Cl. The van der Waals surface area contributed by atoms with Crippen LogP contribution in [0.25, 0.3) is 10.9 Å². The summed E-state index contributed by atoms with van der Waals surface area (Å²) in [6.07, 6.45) is 1.41. The fourth-order valence-corrected chi connectivity index (χ4v) is 4.03. The summed E-state index contributed by atoms with van der Waals surface area (Å²) in [6.45, 7) is 0. The quantitative estimate of drug-likeness (QED) is 0.718. The highest BCUT2D eigenvalue weighted by Crippen LogP contribution is 2.31. The number of ether oxygens (including phenoxy) is 1. The monoisotopic (exact) mass is 403 g/mol. The van der Waals surface area contributed by atoms with Gasteiger partial charge in [-0.05, 0) is 18.2 Å². The van der Waals surface area contributed by atoms with Crippen LogP contribution in [-0.4, -0.2) is 25.1 Å². The van der Waals surface area contributed by atoms with Crippen LogP contribution in [0.3, 0.4) is 0 Å². The Hall–Kier alpha value is -2.03. The number of nitrogens with one attached hydrogen (secondary N) is 1. The summed E-state index contributed by atoms with van der Waals surface area (Å²) < 4.78 is 48.1. The van der Waals surface area contributed by atoms with Crippen molar-refractivity contribution >= 4 is 49.9 Å². The zero-order valence-electron chi connectivity index (χ0n) is 13.0. The van der Waals surface area contributed by atoms with Crippen molar-refractivity contribution in [1.29, 1.82) is 0 Å². The number of benzene rings is 1. The van der Waals surface area contributed by atoms with Crippen LogP contribution in [0.2, 0.25) is 10.0 Å². The molecule has 3 aromatic rings. The summed E-state index contributed by atoms with van der Waals surface area (Å²) in [5.74, 6) is -1.52. The summed E-state index contributed by atoms with van der Waals surface area (Å²) in [6, 6.07) is 5.72. The van der Waals surface area contributed by atoms with Gasteiger partial charge in [-0.15, -0.1) is 0 Å². The average Bonchev–Trinajstić information content (AvgIpc) is 2.87. The first-order valence-corrected chi connectivity index (χ1v) is 9.14. The van der Waals surface area contributed by atoms with Crippen LogP contribution in [0.5, 0.6) is 5.88 Å². The normalized spacial score (nSPS) is 11.7. The Labute approximate surface area is 153 Å². The lowest BCUT2D eigenvalue weighted by molar-refractivity contribution is 0.397. The number of pyridine rings is 1. The van der Waals surface area contributed by atoms with Crippen LogP contribution in [0, 0.1) is 5.82 Å². The minimum Gasteiger partial charge on any atom is -0.480 e. The molecule has 1 N–H and O–H groups in total. The van der Waals surface area contributed by atoms with Crippen molar-refractivity contribution in [2.75, 3.05) is 11.8 Å². The molecule has 0 radical (unpaired) electrons. The lowest BCUT2D eigenvalue weighted by Crippen LogP contribution is -2.15. The van der Waals surface area contributed by atoms with Gasteiger partial charge in [0.2, 0.25) is 5.88 Å². The number of rotatable bonds is 4. The minimum atomic E-state index is -4.11. The zero-order valence-corrected chi connectivity index (χ0v) is 15.4. The second kappa shape index (κ2) is 6.36. The third kappa shape index (κ3) is 3.24. The predicted molar refractivity (Wildman–Crippen MR) is 94.5 cm³/mol. The molecule has 0 saturated heterocycles. The summed E-state index contributed by atoms with van der Waals surface area (Å²) in [5, 5.41) is 0.851. The molecule has 3 rings (SSSR count). The number of fused-ring (bicyclic) bond motifs is 1. The van der Waals surface area contributed by atoms with Crippen LogP contribution >= 0.6 is 23.2 Å². The van der Waals surface area contributed by atoms with Crippen molar-refractivity contribution in [2.45, 2.75) is 4.90 Å². The highest BCUT2D eigenvalue weighted by atomic mass is 35.5. The second-order valence-electron chi connectivity index (χ2n) is 5.18. The number of aromatic nitrogens is 2. The number of hydrogen-bond donors (Lipinski definition) is 1. The first-order valence-electron chi connectivity index (χ1n) is 6.90. The van der Waals surface area contributed by atoms with Crippen LogP contribution in [0.4, 0.5) is 10.2 Å². The molecule has 2 heterocycles. The van der Waals surface area contributed by atoms with E-state index in [1.54, 1.807) is 29.8 Å². The molecule has 0 fully saturated rings. The highest BCUT2D eigenvalue weighted by Gasteiger charge is 2.23. The molecule has 0 aliphatic carbocycles. The van der Waals surface area contributed by atoms with Gasteiger partial charge in [0.05, 0.1) is 12.6 Å². The molecule has 0 unspecified atom stereocenters. The molecule has 132 valence electrons. The second-order valence-corrected chi connectivity index (χ2v) is 7.68. The van der Waals surface area contributed by atoms with Crippen molar-refractivity contribution in [1.82, 2.24) is 9.55 Å². The van der Waals surface area contributed by atoms with E-state index in [0.717, 1.165) is 6.07 Å². The number of nitrogens with zero attached hydrogens (tertiary/aromatic N) is 2. The van der Waals surface area contributed by atoms with E-state index in [4.69, 9.17) is 27.9 Å². The van der Waals surface area contributed by atoms with Crippen molar-refractivity contribution < 1.29 is 17.5 Å². The fourth-order valence-electron chi connectivity index (χ4n) is 2.38. The molecule has 0 aliphatic heterocycles. The molecule has 0 atom stereocenters. The number of hydrogen-bond acceptors (Lipinski definition) is 4. The maximum Gasteiger partial charge on any atom is 0.265 e. The topological polar surface area (TPSA) is 73.2 Å². The molecule has 0 aliphatic rings. The summed E-state index contributed by atoms with van der Waals surface area (Å²) >= 11 is 11.7. The van der Waals surface area contributed by atoms with Crippen molar-refractivity contribution in [3.63, 3.8) is 0 Å². The van der Waals surface area contributed by atoms with Gasteiger partial charge >= 0.3 is 0 Å². The molecule has 10 heteroatoms. The van der Waals surface area contributed by atoms with Crippen molar-refractivity contribution in [3.05, 3.63) is 46.3 Å².